The average Bonchev–Trinajstić information content (AvgIpc) is 2.56. The summed E-state index contributed by atoms with van der Waals surface area (Å²) in [6.45, 7) is 7.84. The molecule has 1 aromatic heterocycles. The quantitative estimate of drug-likeness (QED) is 0.461. The maximum atomic E-state index is 11.4. The zero-order valence-corrected chi connectivity index (χ0v) is 10.9. The van der Waals surface area contributed by atoms with Crippen LogP contribution >= 0.6 is 0 Å². The number of rotatable bonds is 5. The van der Waals surface area contributed by atoms with E-state index in [0.717, 1.165) is 17.9 Å². The Balaban J connectivity index is 2.70. The Bertz CT molecular complexity index is 385. The first kappa shape index (κ1) is 13.7. The number of nitrogen functional groups attached to an aromatic ring is 1. The summed E-state index contributed by atoms with van der Waals surface area (Å²) in [5.41, 5.74) is 2.88. The molecule has 0 atom stereocenters. The van der Waals surface area contributed by atoms with Gasteiger partial charge < -0.3 is 4.42 Å². The fourth-order valence-electron chi connectivity index (χ4n) is 1.87. The Labute approximate surface area is 102 Å². The molecule has 1 amide bonds. The van der Waals surface area contributed by atoms with Crippen molar-refractivity contribution in [3.05, 3.63) is 23.2 Å². The lowest BCUT2D eigenvalue weighted by atomic mass is 10.2. The number of amides is 1. The predicted octanol–water partition coefficient (Wildman–Crippen LogP) is 1.28. The number of aryl methyl sites for hydroxylation is 1. The molecule has 5 nitrogen and oxygen atoms in total. The van der Waals surface area contributed by atoms with Gasteiger partial charge in [-0.15, -0.1) is 0 Å². The van der Waals surface area contributed by atoms with Crippen molar-refractivity contribution >= 4 is 5.91 Å². The van der Waals surface area contributed by atoms with E-state index in [9.17, 15) is 4.79 Å². The molecule has 0 aromatic carbocycles. The van der Waals surface area contributed by atoms with Gasteiger partial charge in [0.2, 0.25) is 0 Å². The van der Waals surface area contributed by atoms with E-state index in [1.54, 1.807) is 0 Å². The van der Waals surface area contributed by atoms with Crippen molar-refractivity contribution in [1.82, 2.24) is 10.3 Å². The van der Waals surface area contributed by atoms with E-state index < -0.39 is 0 Å². The summed E-state index contributed by atoms with van der Waals surface area (Å²) < 4.78 is 5.49. The van der Waals surface area contributed by atoms with Crippen LogP contribution < -0.4 is 11.3 Å². The Hall–Kier alpha value is -1.33. The molecular weight excluding hydrogens is 218 g/mol. The van der Waals surface area contributed by atoms with E-state index in [4.69, 9.17) is 10.3 Å². The lowest BCUT2D eigenvalue weighted by Gasteiger charge is -2.17. The van der Waals surface area contributed by atoms with E-state index in [0.29, 0.717) is 18.2 Å². The number of hydrogen-bond donors (Lipinski definition) is 2. The van der Waals surface area contributed by atoms with Gasteiger partial charge in [-0.1, -0.05) is 13.8 Å². The summed E-state index contributed by atoms with van der Waals surface area (Å²) in [5.74, 6) is 6.36. The number of nitrogens with one attached hydrogen (secondary N) is 1. The number of nitrogens with two attached hydrogens (primary N) is 1. The van der Waals surface area contributed by atoms with Crippen LogP contribution in [0.15, 0.2) is 10.5 Å². The Morgan fingerprint density at radius 1 is 1.59 bits per heavy atom. The standard InChI is InChI=1S/C12H21N3O2/c1-8(2)6-15(4)7-10-5-9(3)11(17-10)12(16)14-13/h5,8H,6-7,13H2,1-4H3,(H,14,16). The normalized spacial score (nSPS) is 11.2. The molecule has 3 N–H and O–H groups in total. The Morgan fingerprint density at radius 3 is 2.76 bits per heavy atom. The van der Waals surface area contributed by atoms with Crippen LogP contribution in [0.25, 0.3) is 0 Å². The molecule has 0 aliphatic carbocycles. The Kier molecular flexibility index (Phi) is 4.72. The second-order valence-corrected chi connectivity index (χ2v) is 4.79. The van der Waals surface area contributed by atoms with Crippen LogP contribution in [0.3, 0.4) is 0 Å². The van der Waals surface area contributed by atoms with Gasteiger partial charge in [0.25, 0.3) is 0 Å². The zero-order chi connectivity index (χ0) is 13.0. The molecule has 1 heterocycles. The number of carbonyl (C=O) groups is 1. The van der Waals surface area contributed by atoms with E-state index in [-0.39, 0.29) is 5.91 Å². The smallest absolute Gasteiger partial charge is 0.301 e. The summed E-state index contributed by atoms with van der Waals surface area (Å²) >= 11 is 0. The average molecular weight is 239 g/mol. The first-order chi connectivity index (χ1) is 7.93. The molecule has 1 aromatic rings. The minimum Gasteiger partial charge on any atom is -0.454 e. The number of hydrazine groups is 1. The van der Waals surface area contributed by atoms with Crippen molar-refractivity contribution in [1.29, 1.82) is 0 Å². The van der Waals surface area contributed by atoms with Gasteiger partial charge >= 0.3 is 5.91 Å². The molecule has 1 rings (SSSR count). The molecule has 96 valence electrons. The van der Waals surface area contributed by atoms with Gasteiger partial charge in [0, 0.05) is 12.1 Å². The highest BCUT2D eigenvalue weighted by molar-refractivity contribution is 5.92. The lowest BCUT2D eigenvalue weighted by molar-refractivity contribution is 0.0921. The molecule has 0 radical (unpaired) electrons. The minimum atomic E-state index is -0.389. The van der Waals surface area contributed by atoms with Gasteiger partial charge in [0.15, 0.2) is 5.76 Å². The van der Waals surface area contributed by atoms with Gasteiger partial charge in [-0.25, -0.2) is 5.84 Å². The molecule has 0 spiro atoms. The van der Waals surface area contributed by atoms with E-state index in [2.05, 4.69) is 24.2 Å². The Morgan fingerprint density at radius 2 is 2.24 bits per heavy atom. The van der Waals surface area contributed by atoms with Crippen molar-refractivity contribution in [3.8, 4) is 0 Å². The molecule has 0 bridgehead atoms. The lowest BCUT2D eigenvalue weighted by Crippen LogP contribution is -2.30. The number of nitrogens with zero attached hydrogens (tertiary/aromatic N) is 1. The molecule has 0 saturated carbocycles. The first-order valence-corrected chi connectivity index (χ1v) is 5.72. The zero-order valence-electron chi connectivity index (χ0n) is 10.9. The number of hydrogen-bond acceptors (Lipinski definition) is 4. The molecule has 5 heteroatoms. The third-order valence-electron chi connectivity index (χ3n) is 2.41. The second-order valence-electron chi connectivity index (χ2n) is 4.79. The molecule has 17 heavy (non-hydrogen) atoms. The fraction of sp³-hybridized carbons (Fsp3) is 0.583. The van der Waals surface area contributed by atoms with Gasteiger partial charge in [-0.2, -0.15) is 0 Å². The summed E-state index contributed by atoms with van der Waals surface area (Å²) in [7, 11) is 2.03. The van der Waals surface area contributed by atoms with E-state index >= 15 is 0 Å². The van der Waals surface area contributed by atoms with E-state index in [1.807, 2.05) is 20.0 Å². The fourth-order valence-corrected chi connectivity index (χ4v) is 1.87. The molecular formula is C12H21N3O2. The summed E-state index contributed by atoms with van der Waals surface area (Å²) in [6, 6.07) is 1.88. The monoisotopic (exact) mass is 239 g/mol. The molecule has 0 aliphatic rings. The SMILES string of the molecule is Cc1cc(CN(C)CC(C)C)oc1C(=O)NN. The van der Waals surface area contributed by atoms with Gasteiger partial charge in [0.05, 0.1) is 6.54 Å². The maximum absolute atomic E-state index is 11.4. The van der Waals surface area contributed by atoms with Crippen LogP contribution in [0, 0.1) is 12.8 Å². The van der Waals surface area contributed by atoms with Crippen LogP contribution in [0.5, 0.6) is 0 Å². The van der Waals surface area contributed by atoms with Gasteiger partial charge in [0.1, 0.15) is 5.76 Å². The van der Waals surface area contributed by atoms with Crippen LogP contribution in [0.1, 0.15) is 35.7 Å². The maximum Gasteiger partial charge on any atom is 0.301 e. The summed E-state index contributed by atoms with van der Waals surface area (Å²) in [4.78, 5) is 13.5. The number of furan rings is 1. The van der Waals surface area contributed by atoms with Gasteiger partial charge in [-0.05, 0) is 26.0 Å². The van der Waals surface area contributed by atoms with Crippen molar-refractivity contribution in [3.63, 3.8) is 0 Å². The summed E-state index contributed by atoms with van der Waals surface area (Å²) in [5, 5.41) is 0. The van der Waals surface area contributed by atoms with Crippen LogP contribution in [0.4, 0.5) is 0 Å². The summed E-state index contributed by atoms with van der Waals surface area (Å²) in [6.07, 6.45) is 0. The molecule has 0 saturated heterocycles. The van der Waals surface area contributed by atoms with Gasteiger partial charge in [-0.3, -0.25) is 15.1 Å². The van der Waals surface area contributed by atoms with Crippen molar-refractivity contribution < 1.29 is 9.21 Å². The third kappa shape index (κ3) is 3.87. The predicted molar refractivity (Wildman–Crippen MR) is 66.3 cm³/mol. The van der Waals surface area contributed by atoms with Crippen molar-refractivity contribution in [2.75, 3.05) is 13.6 Å². The highest BCUT2D eigenvalue weighted by Gasteiger charge is 2.15. The molecule has 0 aliphatic heterocycles. The second kappa shape index (κ2) is 5.84. The van der Waals surface area contributed by atoms with E-state index in [1.165, 1.54) is 0 Å². The molecule has 0 fully saturated rings. The van der Waals surface area contributed by atoms with Crippen molar-refractivity contribution in [2.45, 2.75) is 27.3 Å². The highest BCUT2D eigenvalue weighted by atomic mass is 16.4. The largest absolute Gasteiger partial charge is 0.454 e. The third-order valence-corrected chi connectivity index (χ3v) is 2.41. The number of carbonyl (C=O) groups excluding carboxylic acids is 1. The van der Waals surface area contributed by atoms with Crippen LogP contribution in [0.2, 0.25) is 0 Å². The minimum absolute atomic E-state index is 0.292. The van der Waals surface area contributed by atoms with Crippen LogP contribution in [-0.2, 0) is 6.54 Å². The highest BCUT2D eigenvalue weighted by Crippen LogP contribution is 2.16. The van der Waals surface area contributed by atoms with Crippen LogP contribution in [-0.4, -0.2) is 24.4 Å². The van der Waals surface area contributed by atoms with Crippen molar-refractivity contribution in [2.24, 2.45) is 11.8 Å². The molecule has 0 unspecified atom stereocenters. The topological polar surface area (TPSA) is 71.5 Å². The first-order valence-electron chi connectivity index (χ1n) is 5.72.